The number of carbonyl (C=O) groups excluding carboxylic acids is 1. The Bertz CT molecular complexity index is 461. The first-order valence-electron chi connectivity index (χ1n) is 7.33. The van der Waals surface area contributed by atoms with Crippen molar-refractivity contribution in [3.05, 3.63) is 30.1 Å². The number of rotatable bonds is 5. The van der Waals surface area contributed by atoms with E-state index in [1.165, 1.54) is 0 Å². The second kappa shape index (κ2) is 5.89. The molecule has 1 saturated heterocycles. The molecule has 2 aliphatic rings. The second-order valence-corrected chi connectivity index (χ2v) is 5.61. The highest BCUT2D eigenvalue weighted by Gasteiger charge is 2.39. The standard InChI is InChI=1S/C15H21N3O2/c16-9-13-3-4-14(20-13)15(19)18(12-1-2-12)10-11-5-7-17-8-6-11/h5-8,12-14H,1-4,9-10,16H2. The van der Waals surface area contributed by atoms with Crippen molar-refractivity contribution in [2.45, 2.75) is 50.5 Å². The lowest BCUT2D eigenvalue weighted by Crippen LogP contribution is -2.40. The Hall–Kier alpha value is -1.46. The van der Waals surface area contributed by atoms with Gasteiger partial charge < -0.3 is 15.4 Å². The smallest absolute Gasteiger partial charge is 0.252 e. The first-order chi connectivity index (χ1) is 9.78. The van der Waals surface area contributed by atoms with Gasteiger partial charge in [-0.15, -0.1) is 0 Å². The van der Waals surface area contributed by atoms with Crippen LogP contribution in [0.4, 0.5) is 0 Å². The van der Waals surface area contributed by atoms with Crippen LogP contribution < -0.4 is 5.73 Å². The third-order valence-electron chi connectivity index (χ3n) is 4.02. The van der Waals surface area contributed by atoms with Crippen molar-refractivity contribution in [3.63, 3.8) is 0 Å². The number of pyridine rings is 1. The van der Waals surface area contributed by atoms with Crippen molar-refractivity contribution in [1.82, 2.24) is 9.88 Å². The van der Waals surface area contributed by atoms with Gasteiger partial charge in [0.05, 0.1) is 6.10 Å². The average Bonchev–Trinajstić information content (AvgIpc) is 3.21. The maximum absolute atomic E-state index is 12.6. The fraction of sp³-hybridized carbons (Fsp3) is 0.600. The van der Waals surface area contributed by atoms with Gasteiger partial charge in [0.15, 0.2) is 0 Å². The molecule has 5 heteroatoms. The Balaban J connectivity index is 1.66. The predicted octanol–water partition coefficient (Wildman–Crippen LogP) is 1.08. The van der Waals surface area contributed by atoms with E-state index in [-0.39, 0.29) is 18.1 Å². The average molecular weight is 275 g/mol. The summed E-state index contributed by atoms with van der Waals surface area (Å²) >= 11 is 0. The van der Waals surface area contributed by atoms with E-state index in [0.29, 0.717) is 19.1 Å². The van der Waals surface area contributed by atoms with Crippen LogP contribution in [0.15, 0.2) is 24.5 Å². The van der Waals surface area contributed by atoms with Crippen molar-refractivity contribution in [1.29, 1.82) is 0 Å². The predicted molar refractivity (Wildman–Crippen MR) is 74.8 cm³/mol. The normalized spacial score (nSPS) is 25.6. The van der Waals surface area contributed by atoms with Crippen LogP contribution in [-0.2, 0) is 16.1 Å². The summed E-state index contributed by atoms with van der Waals surface area (Å²) in [4.78, 5) is 18.6. The van der Waals surface area contributed by atoms with Gasteiger partial charge >= 0.3 is 0 Å². The summed E-state index contributed by atoms with van der Waals surface area (Å²) < 4.78 is 5.74. The Morgan fingerprint density at radius 3 is 2.65 bits per heavy atom. The Morgan fingerprint density at radius 1 is 1.30 bits per heavy atom. The Morgan fingerprint density at radius 2 is 2.05 bits per heavy atom. The van der Waals surface area contributed by atoms with Crippen LogP contribution in [-0.4, -0.2) is 40.6 Å². The zero-order valence-corrected chi connectivity index (χ0v) is 11.6. The molecule has 3 rings (SSSR count). The fourth-order valence-corrected chi connectivity index (χ4v) is 2.70. The number of ether oxygens (including phenoxy) is 1. The molecule has 1 aromatic rings. The lowest BCUT2D eigenvalue weighted by Gasteiger charge is -2.25. The zero-order chi connectivity index (χ0) is 13.9. The third kappa shape index (κ3) is 2.99. The summed E-state index contributed by atoms with van der Waals surface area (Å²) in [6.45, 7) is 1.15. The molecule has 5 nitrogen and oxygen atoms in total. The van der Waals surface area contributed by atoms with Gasteiger partial charge in [0.2, 0.25) is 0 Å². The molecule has 1 aliphatic heterocycles. The van der Waals surface area contributed by atoms with Gasteiger partial charge in [0.1, 0.15) is 6.10 Å². The number of aromatic nitrogens is 1. The zero-order valence-electron chi connectivity index (χ0n) is 11.6. The van der Waals surface area contributed by atoms with Gasteiger partial charge in [-0.1, -0.05) is 0 Å². The largest absolute Gasteiger partial charge is 0.364 e. The van der Waals surface area contributed by atoms with Crippen LogP contribution in [0.1, 0.15) is 31.2 Å². The molecule has 20 heavy (non-hydrogen) atoms. The monoisotopic (exact) mass is 275 g/mol. The third-order valence-corrected chi connectivity index (χ3v) is 4.02. The quantitative estimate of drug-likeness (QED) is 0.873. The number of hydrogen-bond donors (Lipinski definition) is 1. The van der Waals surface area contributed by atoms with Gasteiger partial charge in [-0.25, -0.2) is 0 Å². The summed E-state index contributed by atoms with van der Waals surface area (Å²) in [6.07, 6.45) is 7.16. The molecule has 2 N–H and O–H groups in total. The molecule has 0 radical (unpaired) electrons. The first-order valence-corrected chi connectivity index (χ1v) is 7.33. The molecular weight excluding hydrogens is 254 g/mol. The fourth-order valence-electron chi connectivity index (χ4n) is 2.70. The van der Waals surface area contributed by atoms with Crippen LogP contribution in [0, 0.1) is 0 Å². The SMILES string of the molecule is NCC1CCC(C(=O)N(Cc2ccncc2)C2CC2)O1. The van der Waals surface area contributed by atoms with Crippen molar-refractivity contribution in [3.8, 4) is 0 Å². The van der Waals surface area contributed by atoms with E-state index in [1.807, 2.05) is 17.0 Å². The molecular formula is C15H21N3O2. The number of hydrogen-bond acceptors (Lipinski definition) is 4. The van der Waals surface area contributed by atoms with Crippen molar-refractivity contribution < 1.29 is 9.53 Å². The van der Waals surface area contributed by atoms with E-state index in [0.717, 1.165) is 31.2 Å². The lowest BCUT2D eigenvalue weighted by molar-refractivity contribution is -0.144. The summed E-state index contributed by atoms with van der Waals surface area (Å²) in [6, 6.07) is 4.30. The number of nitrogens with two attached hydrogens (primary N) is 1. The topological polar surface area (TPSA) is 68.5 Å². The van der Waals surface area contributed by atoms with E-state index >= 15 is 0 Å². The van der Waals surface area contributed by atoms with Gasteiger partial charge in [-0.3, -0.25) is 9.78 Å². The summed E-state index contributed by atoms with van der Waals surface area (Å²) in [5.74, 6) is 0.125. The molecule has 0 bridgehead atoms. The lowest BCUT2D eigenvalue weighted by atomic mass is 10.1. The van der Waals surface area contributed by atoms with E-state index < -0.39 is 0 Å². The number of amides is 1. The van der Waals surface area contributed by atoms with Gasteiger partial charge in [0.25, 0.3) is 5.91 Å². The molecule has 1 amide bonds. The highest BCUT2D eigenvalue weighted by Crippen LogP contribution is 2.31. The highest BCUT2D eigenvalue weighted by atomic mass is 16.5. The molecule has 1 aliphatic carbocycles. The maximum Gasteiger partial charge on any atom is 0.252 e. The summed E-state index contributed by atoms with van der Waals surface area (Å²) in [7, 11) is 0. The maximum atomic E-state index is 12.6. The Kier molecular flexibility index (Phi) is 3.98. The highest BCUT2D eigenvalue weighted by molar-refractivity contribution is 5.81. The van der Waals surface area contributed by atoms with Crippen LogP contribution in [0.2, 0.25) is 0 Å². The van der Waals surface area contributed by atoms with E-state index in [4.69, 9.17) is 10.5 Å². The van der Waals surface area contributed by atoms with Crippen LogP contribution in [0.5, 0.6) is 0 Å². The molecule has 2 atom stereocenters. The molecule has 0 spiro atoms. The molecule has 0 aromatic carbocycles. The minimum Gasteiger partial charge on any atom is -0.364 e. The van der Waals surface area contributed by atoms with Crippen molar-refractivity contribution in [2.24, 2.45) is 5.73 Å². The van der Waals surface area contributed by atoms with Gasteiger partial charge in [0, 0.05) is 31.5 Å². The minimum absolute atomic E-state index is 0.0472. The molecule has 2 heterocycles. The van der Waals surface area contributed by atoms with Crippen LogP contribution in [0.3, 0.4) is 0 Å². The van der Waals surface area contributed by atoms with Gasteiger partial charge in [-0.2, -0.15) is 0 Å². The summed E-state index contributed by atoms with van der Waals surface area (Å²) in [5, 5.41) is 0. The second-order valence-electron chi connectivity index (χ2n) is 5.61. The van der Waals surface area contributed by atoms with Crippen LogP contribution >= 0.6 is 0 Å². The van der Waals surface area contributed by atoms with Gasteiger partial charge in [-0.05, 0) is 43.4 Å². The minimum atomic E-state index is -0.300. The van der Waals surface area contributed by atoms with E-state index in [2.05, 4.69) is 4.98 Å². The van der Waals surface area contributed by atoms with Crippen LogP contribution in [0.25, 0.3) is 0 Å². The molecule has 108 valence electrons. The number of nitrogens with zero attached hydrogens (tertiary/aromatic N) is 2. The van der Waals surface area contributed by atoms with Crippen molar-refractivity contribution in [2.75, 3.05) is 6.54 Å². The van der Waals surface area contributed by atoms with Crippen molar-refractivity contribution >= 4 is 5.91 Å². The molecule has 1 saturated carbocycles. The molecule has 2 unspecified atom stereocenters. The molecule has 2 fully saturated rings. The number of carbonyl (C=O) groups is 1. The van der Waals surface area contributed by atoms with E-state index in [9.17, 15) is 4.79 Å². The van der Waals surface area contributed by atoms with E-state index in [1.54, 1.807) is 12.4 Å². The Labute approximate surface area is 119 Å². The molecule has 1 aromatic heterocycles. The summed E-state index contributed by atoms with van der Waals surface area (Å²) in [5.41, 5.74) is 6.73. The first kappa shape index (κ1) is 13.5.